The summed E-state index contributed by atoms with van der Waals surface area (Å²) in [6.45, 7) is 3.76. The fourth-order valence-electron chi connectivity index (χ4n) is 1.77. The number of phenols is 1. The van der Waals surface area contributed by atoms with Gasteiger partial charge in [-0.2, -0.15) is 0 Å². The van der Waals surface area contributed by atoms with Crippen LogP contribution in [0.15, 0.2) is 29.8 Å². The monoisotopic (exact) mass is 292 g/mol. The highest BCUT2D eigenvalue weighted by atomic mass is 32.1. The van der Waals surface area contributed by atoms with Gasteiger partial charge in [0.05, 0.1) is 12.6 Å². The Balaban J connectivity index is 2.18. The second-order valence-corrected chi connectivity index (χ2v) is 5.70. The van der Waals surface area contributed by atoms with Crippen LogP contribution in [0, 0.1) is 0 Å². The number of ether oxygens (including phenoxy) is 1. The van der Waals surface area contributed by atoms with Crippen molar-refractivity contribution >= 4 is 17.2 Å². The van der Waals surface area contributed by atoms with Crippen molar-refractivity contribution in [1.82, 2.24) is 10.3 Å². The van der Waals surface area contributed by atoms with Gasteiger partial charge in [0, 0.05) is 17.1 Å². The van der Waals surface area contributed by atoms with E-state index in [1.807, 2.05) is 19.2 Å². The minimum atomic E-state index is -0.569. The van der Waals surface area contributed by atoms with E-state index in [-0.39, 0.29) is 11.7 Å². The highest BCUT2D eigenvalue weighted by Gasteiger charge is 2.26. The van der Waals surface area contributed by atoms with Crippen molar-refractivity contribution in [3.63, 3.8) is 0 Å². The molecule has 0 saturated heterocycles. The van der Waals surface area contributed by atoms with Crippen molar-refractivity contribution in [2.75, 3.05) is 7.11 Å². The summed E-state index contributed by atoms with van der Waals surface area (Å²) >= 11 is 1.48. The molecule has 1 aromatic carbocycles. The second-order valence-electron chi connectivity index (χ2n) is 4.80. The minimum Gasteiger partial charge on any atom is -0.504 e. The lowest BCUT2D eigenvalue weighted by molar-refractivity contribution is 0.0911. The first-order chi connectivity index (χ1) is 9.44. The third kappa shape index (κ3) is 2.91. The minimum absolute atomic E-state index is 0.0628. The maximum Gasteiger partial charge on any atom is 0.252 e. The molecule has 2 N–H and O–H groups in total. The molecule has 2 aromatic rings. The average molecular weight is 292 g/mol. The van der Waals surface area contributed by atoms with Gasteiger partial charge in [-0.05, 0) is 32.0 Å². The number of benzene rings is 1. The Labute approximate surface area is 121 Å². The molecule has 0 unspecified atom stereocenters. The highest BCUT2D eigenvalue weighted by Crippen LogP contribution is 2.27. The lowest BCUT2D eigenvalue weighted by Gasteiger charge is -2.23. The van der Waals surface area contributed by atoms with Gasteiger partial charge in [-0.3, -0.25) is 4.79 Å². The first-order valence-electron chi connectivity index (χ1n) is 6.03. The lowest BCUT2D eigenvalue weighted by atomic mass is 10.1. The Kier molecular flexibility index (Phi) is 3.94. The number of methoxy groups -OCH3 is 1. The van der Waals surface area contributed by atoms with Crippen LogP contribution in [0.25, 0.3) is 0 Å². The van der Waals surface area contributed by atoms with Gasteiger partial charge in [-0.1, -0.05) is 0 Å². The summed E-state index contributed by atoms with van der Waals surface area (Å²) in [6, 6.07) is 4.54. The smallest absolute Gasteiger partial charge is 0.252 e. The van der Waals surface area contributed by atoms with Gasteiger partial charge in [0.25, 0.3) is 5.91 Å². The van der Waals surface area contributed by atoms with Crippen LogP contribution < -0.4 is 10.1 Å². The van der Waals surface area contributed by atoms with Crippen molar-refractivity contribution in [1.29, 1.82) is 0 Å². The quantitative estimate of drug-likeness (QED) is 0.908. The lowest BCUT2D eigenvalue weighted by Crippen LogP contribution is -2.40. The van der Waals surface area contributed by atoms with Crippen molar-refractivity contribution in [3.05, 3.63) is 40.3 Å². The number of aromatic hydroxyl groups is 1. The molecule has 0 spiro atoms. The number of nitrogens with one attached hydrogen (secondary N) is 1. The number of nitrogens with zero attached hydrogens (tertiary/aromatic N) is 1. The highest BCUT2D eigenvalue weighted by molar-refractivity contribution is 7.09. The maximum absolute atomic E-state index is 12.2. The van der Waals surface area contributed by atoms with Crippen LogP contribution in [0.5, 0.6) is 11.5 Å². The van der Waals surface area contributed by atoms with E-state index in [0.717, 1.165) is 5.01 Å². The van der Waals surface area contributed by atoms with Crippen molar-refractivity contribution in [3.8, 4) is 11.5 Å². The Morgan fingerprint density at radius 1 is 1.45 bits per heavy atom. The zero-order valence-electron chi connectivity index (χ0n) is 11.5. The number of hydrogen-bond donors (Lipinski definition) is 2. The van der Waals surface area contributed by atoms with Gasteiger partial charge >= 0.3 is 0 Å². The molecule has 1 amide bonds. The van der Waals surface area contributed by atoms with Gasteiger partial charge < -0.3 is 15.2 Å². The summed E-state index contributed by atoms with van der Waals surface area (Å²) < 4.78 is 4.95. The zero-order chi connectivity index (χ0) is 14.8. The molecule has 0 aliphatic heterocycles. The first-order valence-corrected chi connectivity index (χ1v) is 6.91. The average Bonchev–Trinajstić information content (AvgIpc) is 2.92. The third-order valence-corrected chi connectivity index (χ3v) is 3.93. The topological polar surface area (TPSA) is 71.5 Å². The first kappa shape index (κ1) is 14.3. The van der Waals surface area contributed by atoms with Crippen molar-refractivity contribution in [2.45, 2.75) is 19.4 Å². The second kappa shape index (κ2) is 5.50. The Hall–Kier alpha value is -2.08. The van der Waals surface area contributed by atoms with Crippen LogP contribution in [0.3, 0.4) is 0 Å². The van der Waals surface area contributed by atoms with E-state index < -0.39 is 5.54 Å². The molecular formula is C14H16N2O3S. The van der Waals surface area contributed by atoms with E-state index >= 15 is 0 Å². The van der Waals surface area contributed by atoms with Gasteiger partial charge in [-0.15, -0.1) is 11.3 Å². The molecular weight excluding hydrogens is 276 g/mol. The molecule has 1 heterocycles. The van der Waals surface area contributed by atoms with Crippen molar-refractivity contribution in [2.24, 2.45) is 0 Å². The van der Waals surface area contributed by atoms with Gasteiger partial charge in [0.15, 0.2) is 11.5 Å². The van der Waals surface area contributed by atoms with E-state index in [2.05, 4.69) is 10.3 Å². The molecule has 20 heavy (non-hydrogen) atoms. The summed E-state index contributed by atoms with van der Waals surface area (Å²) in [5.41, 5.74) is -0.200. The molecule has 0 aliphatic carbocycles. The SMILES string of the molecule is COc1ccc(C(=O)NC(C)(C)c2nccs2)cc1O. The number of hydrogen-bond acceptors (Lipinski definition) is 5. The molecule has 0 saturated carbocycles. The molecule has 0 fully saturated rings. The fraction of sp³-hybridized carbons (Fsp3) is 0.286. The molecule has 106 valence electrons. The van der Waals surface area contributed by atoms with E-state index in [4.69, 9.17) is 4.74 Å². The predicted octanol–water partition coefficient (Wildman–Crippen LogP) is 2.52. The molecule has 0 bridgehead atoms. The number of rotatable bonds is 4. The third-order valence-electron chi connectivity index (χ3n) is 2.83. The molecule has 1 aromatic heterocycles. The van der Waals surface area contributed by atoms with Gasteiger partial charge in [0.1, 0.15) is 5.01 Å². The Morgan fingerprint density at radius 3 is 2.75 bits per heavy atom. The van der Waals surface area contributed by atoms with Crippen LogP contribution in [0.2, 0.25) is 0 Å². The normalized spacial score (nSPS) is 11.2. The molecule has 0 atom stereocenters. The van der Waals surface area contributed by atoms with Crippen molar-refractivity contribution < 1.29 is 14.6 Å². The molecule has 2 rings (SSSR count). The fourth-order valence-corrected chi connectivity index (χ4v) is 2.49. The number of aromatic nitrogens is 1. The van der Waals surface area contributed by atoms with Crippen LogP contribution in [-0.2, 0) is 5.54 Å². The maximum atomic E-state index is 12.2. The molecule has 0 radical (unpaired) electrons. The van der Waals surface area contributed by atoms with E-state index in [1.165, 1.54) is 24.5 Å². The van der Waals surface area contributed by atoms with E-state index in [1.54, 1.807) is 18.3 Å². The molecule has 5 nitrogen and oxygen atoms in total. The summed E-state index contributed by atoms with van der Waals surface area (Å²) in [5.74, 6) is -0.00362. The van der Waals surface area contributed by atoms with Gasteiger partial charge in [-0.25, -0.2) is 4.98 Å². The van der Waals surface area contributed by atoms with Gasteiger partial charge in [0.2, 0.25) is 0 Å². The molecule has 6 heteroatoms. The van der Waals surface area contributed by atoms with E-state index in [9.17, 15) is 9.90 Å². The number of phenolic OH excluding ortho intramolecular Hbond substituents is 1. The zero-order valence-corrected chi connectivity index (χ0v) is 12.3. The number of amides is 1. The van der Waals surface area contributed by atoms with Crippen LogP contribution >= 0.6 is 11.3 Å². The van der Waals surface area contributed by atoms with Crippen LogP contribution in [-0.4, -0.2) is 23.1 Å². The standard InChI is InChI=1S/C14H16N2O3S/c1-14(2,13-15-6-7-20-13)16-12(18)9-4-5-11(19-3)10(17)8-9/h4-8,17H,1-3H3,(H,16,18). The van der Waals surface area contributed by atoms with Crippen LogP contribution in [0.1, 0.15) is 29.2 Å². The summed E-state index contributed by atoms with van der Waals surface area (Å²) in [6.07, 6.45) is 1.70. The predicted molar refractivity (Wildman–Crippen MR) is 77.3 cm³/mol. The van der Waals surface area contributed by atoms with E-state index in [0.29, 0.717) is 11.3 Å². The number of carbonyl (C=O) groups excluding carboxylic acids is 1. The Bertz CT molecular complexity index is 609. The number of thiazole rings is 1. The number of carbonyl (C=O) groups is 1. The largest absolute Gasteiger partial charge is 0.504 e. The summed E-state index contributed by atoms with van der Waals surface area (Å²) in [4.78, 5) is 16.4. The molecule has 0 aliphatic rings. The van der Waals surface area contributed by atoms with Crippen LogP contribution in [0.4, 0.5) is 0 Å². The summed E-state index contributed by atoms with van der Waals surface area (Å²) in [5, 5.41) is 15.3. The Morgan fingerprint density at radius 2 is 2.20 bits per heavy atom. The summed E-state index contributed by atoms with van der Waals surface area (Å²) in [7, 11) is 1.46.